The molecule has 1 aromatic carbocycles. The molecule has 0 fully saturated rings. The van der Waals surface area contributed by atoms with Crippen molar-refractivity contribution >= 4 is 11.6 Å². The van der Waals surface area contributed by atoms with Gasteiger partial charge in [0, 0.05) is 18.5 Å². The molecule has 108 valence electrons. The fourth-order valence-corrected chi connectivity index (χ4v) is 1.58. The van der Waals surface area contributed by atoms with Crippen LogP contribution in [0.3, 0.4) is 0 Å². The topological polar surface area (TPSA) is 53.8 Å². The van der Waals surface area contributed by atoms with Gasteiger partial charge in [-0.2, -0.15) is 23.4 Å². The van der Waals surface area contributed by atoms with Gasteiger partial charge in [-0.05, 0) is 25.1 Å². The molecule has 1 amide bonds. The Labute approximate surface area is 111 Å². The molecule has 0 saturated carbocycles. The summed E-state index contributed by atoms with van der Waals surface area (Å²) >= 11 is 0. The number of nitrogens with zero attached hydrogens (tertiary/aromatic N) is 2. The molecule has 1 aromatic rings. The van der Waals surface area contributed by atoms with Crippen LogP contribution in [0.25, 0.3) is 0 Å². The Bertz CT molecular complexity index is 562. The number of carbonyl (C=O) groups excluding carboxylic acids is 1. The van der Waals surface area contributed by atoms with Crippen molar-refractivity contribution in [3.05, 3.63) is 29.6 Å². The van der Waals surface area contributed by atoms with Gasteiger partial charge < -0.3 is 5.32 Å². The lowest BCUT2D eigenvalue weighted by Crippen LogP contribution is -2.16. The normalized spacial score (nSPS) is 16.1. The van der Waals surface area contributed by atoms with Crippen molar-refractivity contribution in [3.63, 3.8) is 0 Å². The predicted molar refractivity (Wildman–Crippen MR) is 62.5 cm³/mol. The van der Waals surface area contributed by atoms with E-state index in [9.17, 15) is 22.4 Å². The Morgan fingerprint density at radius 3 is 2.55 bits per heavy atom. The van der Waals surface area contributed by atoms with Gasteiger partial charge in [0.15, 0.2) is 5.66 Å². The van der Waals surface area contributed by atoms with Crippen LogP contribution in [0, 0.1) is 5.82 Å². The number of benzene rings is 1. The van der Waals surface area contributed by atoms with Gasteiger partial charge in [-0.3, -0.25) is 4.79 Å². The van der Waals surface area contributed by atoms with Gasteiger partial charge in [0.2, 0.25) is 5.91 Å². The molecule has 0 aliphatic carbocycles. The van der Waals surface area contributed by atoms with Crippen molar-refractivity contribution in [1.29, 1.82) is 0 Å². The van der Waals surface area contributed by atoms with Crippen LogP contribution in [-0.4, -0.2) is 11.6 Å². The van der Waals surface area contributed by atoms with E-state index in [4.69, 9.17) is 0 Å². The van der Waals surface area contributed by atoms with Gasteiger partial charge in [-0.15, -0.1) is 0 Å². The summed E-state index contributed by atoms with van der Waals surface area (Å²) in [5.74, 6) is -1.85. The van der Waals surface area contributed by atoms with Crippen molar-refractivity contribution in [3.8, 4) is 0 Å². The maximum absolute atomic E-state index is 13.1. The summed E-state index contributed by atoms with van der Waals surface area (Å²) in [6, 6.07) is 2.32. The van der Waals surface area contributed by atoms with E-state index in [1.165, 1.54) is 0 Å². The standard InChI is InChI=1S/C12H11F4N3O/c1-11(18-19-11)5-4-10(20)17-7-2-3-9(13)8(6-7)12(14,15)16/h2-3,6H,4-5H2,1H3,(H,17,20). The second kappa shape index (κ2) is 4.84. The highest BCUT2D eigenvalue weighted by Crippen LogP contribution is 2.34. The summed E-state index contributed by atoms with van der Waals surface area (Å²) < 4.78 is 50.6. The van der Waals surface area contributed by atoms with E-state index in [0.29, 0.717) is 18.6 Å². The third kappa shape index (κ3) is 3.52. The Morgan fingerprint density at radius 2 is 2.00 bits per heavy atom. The molecule has 1 aliphatic heterocycles. The molecule has 0 spiro atoms. The number of hydrogen-bond acceptors (Lipinski definition) is 3. The monoisotopic (exact) mass is 289 g/mol. The number of halogens is 4. The lowest BCUT2D eigenvalue weighted by Gasteiger charge is -2.11. The van der Waals surface area contributed by atoms with E-state index in [-0.39, 0.29) is 12.1 Å². The first-order chi connectivity index (χ1) is 9.20. The molecule has 0 radical (unpaired) electrons. The minimum atomic E-state index is -4.80. The molecular formula is C12H11F4N3O. The Balaban J connectivity index is 2.00. The quantitative estimate of drug-likeness (QED) is 0.843. The van der Waals surface area contributed by atoms with Gasteiger partial charge in [0.25, 0.3) is 0 Å². The lowest BCUT2D eigenvalue weighted by atomic mass is 10.1. The Kier molecular flexibility index (Phi) is 3.49. The van der Waals surface area contributed by atoms with E-state index >= 15 is 0 Å². The van der Waals surface area contributed by atoms with E-state index in [1.54, 1.807) is 6.92 Å². The van der Waals surface area contributed by atoms with E-state index in [2.05, 4.69) is 15.5 Å². The Morgan fingerprint density at radius 1 is 1.35 bits per heavy atom. The van der Waals surface area contributed by atoms with Gasteiger partial charge in [-0.1, -0.05) is 0 Å². The van der Waals surface area contributed by atoms with E-state index in [0.717, 1.165) is 6.07 Å². The molecule has 0 saturated heterocycles. The zero-order valence-corrected chi connectivity index (χ0v) is 10.5. The number of carbonyl (C=O) groups is 1. The molecule has 0 bridgehead atoms. The van der Waals surface area contributed by atoms with Crippen molar-refractivity contribution in [2.45, 2.75) is 31.6 Å². The highest BCUT2D eigenvalue weighted by Gasteiger charge is 2.35. The molecule has 1 aliphatic rings. The maximum Gasteiger partial charge on any atom is 0.419 e. The average molecular weight is 289 g/mol. The summed E-state index contributed by atoms with van der Waals surface area (Å²) in [4.78, 5) is 11.6. The van der Waals surface area contributed by atoms with Crippen molar-refractivity contribution in [2.24, 2.45) is 10.2 Å². The molecule has 1 N–H and O–H groups in total. The highest BCUT2D eigenvalue weighted by atomic mass is 19.4. The van der Waals surface area contributed by atoms with Crippen LogP contribution >= 0.6 is 0 Å². The number of anilines is 1. The van der Waals surface area contributed by atoms with Crippen LogP contribution < -0.4 is 5.32 Å². The zero-order chi connectivity index (χ0) is 15.0. The molecule has 20 heavy (non-hydrogen) atoms. The molecule has 1 heterocycles. The SMILES string of the molecule is CC1(CCC(=O)Nc2ccc(F)c(C(F)(F)F)c2)N=N1. The van der Waals surface area contributed by atoms with Crippen LogP contribution in [0.2, 0.25) is 0 Å². The summed E-state index contributed by atoms with van der Waals surface area (Å²) in [5, 5.41) is 9.73. The van der Waals surface area contributed by atoms with Crippen molar-refractivity contribution < 1.29 is 22.4 Å². The van der Waals surface area contributed by atoms with Crippen molar-refractivity contribution in [1.82, 2.24) is 0 Å². The first-order valence-electron chi connectivity index (χ1n) is 5.80. The maximum atomic E-state index is 13.1. The van der Waals surface area contributed by atoms with Crippen LogP contribution in [0.5, 0.6) is 0 Å². The molecule has 0 atom stereocenters. The smallest absolute Gasteiger partial charge is 0.326 e. The van der Waals surface area contributed by atoms with Gasteiger partial charge in [0.1, 0.15) is 5.82 Å². The lowest BCUT2D eigenvalue weighted by molar-refractivity contribution is -0.140. The molecule has 0 unspecified atom stereocenters. The minimum Gasteiger partial charge on any atom is -0.326 e. The summed E-state index contributed by atoms with van der Waals surface area (Å²) in [5.41, 5.74) is -2.05. The number of alkyl halides is 3. The third-order valence-electron chi connectivity index (χ3n) is 2.82. The van der Waals surface area contributed by atoms with Gasteiger partial charge in [-0.25, -0.2) is 4.39 Å². The summed E-state index contributed by atoms with van der Waals surface area (Å²) in [7, 11) is 0. The minimum absolute atomic E-state index is 0.0717. The summed E-state index contributed by atoms with van der Waals surface area (Å²) in [6.07, 6.45) is -4.35. The number of amides is 1. The van der Waals surface area contributed by atoms with Crippen LogP contribution in [-0.2, 0) is 11.0 Å². The van der Waals surface area contributed by atoms with E-state index < -0.39 is 29.1 Å². The van der Waals surface area contributed by atoms with Crippen LogP contribution in [0.4, 0.5) is 23.2 Å². The Hall–Kier alpha value is -1.99. The highest BCUT2D eigenvalue weighted by molar-refractivity contribution is 5.90. The molecule has 0 aromatic heterocycles. The fraction of sp³-hybridized carbons (Fsp3) is 0.417. The second-order valence-electron chi connectivity index (χ2n) is 4.66. The molecule has 8 heteroatoms. The van der Waals surface area contributed by atoms with Crippen LogP contribution in [0.1, 0.15) is 25.3 Å². The molecule has 4 nitrogen and oxygen atoms in total. The fourth-order valence-electron chi connectivity index (χ4n) is 1.58. The van der Waals surface area contributed by atoms with Gasteiger partial charge >= 0.3 is 6.18 Å². The summed E-state index contributed by atoms with van der Waals surface area (Å²) in [6.45, 7) is 1.74. The van der Waals surface area contributed by atoms with Gasteiger partial charge in [0.05, 0.1) is 5.56 Å². The average Bonchev–Trinajstić information content (AvgIpc) is 3.07. The first-order valence-corrected chi connectivity index (χ1v) is 5.80. The number of hydrogen-bond donors (Lipinski definition) is 1. The largest absolute Gasteiger partial charge is 0.419 e. The molecule has 2 rings (SSSR count). The van der Waals surface area contributed by atoms with E-state index in [1.807, 2.05) is 0 Å². The van der Waals surface area contributed by atoms with Crippen LogP contribution in [0.15, 0.2) is 28.4 Å². The number of rotatable bonds is 4. The predicted octanol–water partition coefficient (Wildman–Crippen LogP) is 3.75. The van der Waals surface area contributed by atoms with Crippen molar-refractivity contribution in [2.75, 3.05) is 5.32 Å². The third-order valence-corrected chi connectivity index (χ3v) is 2.82. The molecular weight excluding hydrogens is 278 g/mol. The first kappa shape index (κ1) is 14.4. The number of nitrogens with one attached hydrogen (secondary N) is 1. The zero-order valence-electron chi connectivity index (χ0n) is 10.5. The second-order valence-corrected chi connectivity index (χ2v) is 4.66.